The van der Waals surface area contributed by atoms with E-state index < -0.39 is 16.0 Å². The summed E-state index contributed by atoms with van der Waals surface area (Å²) in [5.41, 5.74) is 1.92. The largest absolute Gasteiger partial charge is 0.465 e. The average molecular weight is 383 g/mol. The van der Waals surface area contributed by atoms with Crippen LogP contribution in [0.5, 0.6) is 0 Å². The van der Waals surface area contributed by atoms with Gasteiger partial charge in [-0.05, 0) is 29.1 Å². The molecule has 6 nitrogen and oxygen atoms in total. The van der Waals surface area contributed by atoms with Crippen LogP contribution in [0, 0.1) is 0 Å². The second-order valence-electron chi connectivity index (χ2n) is 5.60. The normalized spacial score (nSPS) is 11.6. The third kappa shape index (κ3) is 4.20. The van der Waals surface area contributed by atoms with Crippen LogP contribution in [0.3, 0.4) is 0 Å². The molecule has 0 spiro atoms. The lowest BCUT2D eigenvalue weighted by atomic mass is 10.2. The van der Waals surface area contributed by atoms with Crippen molar-refractivity contribution in [1.82, 2.24) is 4.31 Å². The fourth-order valence-corrected chi connectivity index (χ4v) is 5.10. The van der Waals surface area contributed by atoms with Crippen LogP contribution in [0.15, 0.2) is 40.6 Å². The summed E-state index contributed by atoms with van der Waals surface area (Å²) in [6, 6.07) is 9.15. The first kappa shape index (κ1) is 19.4. The third-order valence-corrected chi connectivity index (χ3v) is 6.77. The maximum Gasteiger partial charge on any atom is 0.349 e. The SMILES string of the molecule is CCN(Cc1ccc(N(C)C)cc1)S(=O)(=O)c1ccsc1C(=O)OC. The van der Waals surface area contributed by atoms with Gasteiger partial charge in [0.1, 0.15) is 9.77 Å². The third-order valence-electron chi connectivity index (χ3n) is 3.78. The van der Waals surface area contributed by atoms with Crippen LogP contribution >= 0.6 is 11.3 Å². The van der Waals surface area contributed by atoms with Gasteiger partial charge in [0, 0.05) is 32.9 Å². The predicted molar refractivity (Wildman–Crippen MR) is 99.7 cm³/mol. The second kappa shape index (κ2) is 7.99. The van der Waals surface area contributed by atoms with Gasteiger partial charge in [-0.1, -0.05) is 19.1 Å². The molecule has 0 amide bonds. The van der Waals surface area contributed by atoms with Crippen molar-refractivity contribution in [3.8, 4) is 0 Å². The van der Waals surface area contributed by atoms with Crippen LogP contribution in [-0.4, -0.2) is 46.4 Å². The molecule has 0 radical (unpaired) electrons. The van der Waals surface area contributed by atoms with Gasteiger partial charge in [0.25, 0.3) is 0 Å². The van der Waals surface area contributed by atoms with Gasteiger partial charge in [0.15, 0.2) is 0 Å². The average Bonchev–Trinajstić information content (AvgIpc) is 3.09. The van der Waals surface area contributed by atoms with E-state index in [0.29, 0.717) is 6.54 Å². The van der Waals surface area contributed by atoms with E-state index in [1.807, 2.05) is 43.3 Å². The zero-order valence-corrected chi connectivity index (χ0v) is 16.4. The molecule has 8 heteroatoms. The van der Waals surface area contributed by atoms with Crippen molar-refractivity contribution in [2.75, 3.05) is 32.6 Å². The molecule has 0 saturated carbocycles. The Balaban J connectivity index is 2.30. The molecular weight excluding hydrogens is 360 g/mol. The van der Waals surface area contributed by atoms with E-state index in [4.69, 9.17) is 0 Å². The Labute approximate surface area is 152 Å². The molecule has 0 saturated heterocycles. The second-order valence-corrected chi connectivity index (χ2v) is 8.42. The maximum absolute atomic E-state index is 13.0. The number of hydrogen-bond acceptors (Lipinski definition) is 6. The first-order valence-corrected chi connectivity index (χ1v) is 10.1. The van der Waals surface area contributed by atoms with E-state index >= 15 is 0 Å². The van der Waals surface area contributed by atoms with Crippen molar-refractivity contribution in [3.63, 3.8) is 0 Å². The van der Waals surface area contributed by atoms with Crippen molar-refractivity contribution >= 4 is 33.0 Å². The minimum atomic E-state index is -3.79. The van der Waals surface area contributed by atoms with Crippen LogP contribution in [0.1, 0.15) is 22.2 Å². The summed E-state index contributed by atoms with van der Waals surface area (Å²) in [5.74, 6) is -0.639. The number of nitrogens with zero attached hydrogens (tertiary/aromatic N) is 2. The standard InChI is InChI=1S/C17H22N2O4S2/c1-5-19(12-13-6-8-14(9-7-13)18(2)3)25(21,22)15-10-11-24-16(15)17(20)23-4/h6-11H,5,12H2,1-4H3. The van der Waals surface area contributed by atoms with E-state index in [2.05, 4.69) is 4.74 Å². The molecule has 0 aliphatic carbocycles. The molecule has 1 aromatic carbocycles. The van der Waals surface area contributed by atoms with Gasteiger partial charge in [0.05, 0.1) is 7.11 Å². The van der Waals surface area contributed by atoms with Gasteiger partial charge >= 0.3 is 5.97 Å². The van der Waals surface area contributed by atoms with E-state index in [1.54, 1.807) is 12.3 Å². The maximum atomic E-state index is 13.0. The van der Waals surface area contributed by atoms with Gasteiger partial charge in [0.2, 0.25) is 10.0 Å². The first-order chi connectivity index (χ1) is 11.8. The molecule has 0 fully saturated rings. The minimum Gasteiger partial charge on any atom is -0.465 e. The van der Waals surface area contributed by atoms with Crippen LogP contribution in [-0.2, 0) is 21.3 Å². The van der Waals surface area contributed by atoms with Gasteiger partial charge in [-0.3, -0.25) is 0 Å². The number of benzene rings is 1. The highest BCUT2D eigenvalue weighted by atomic mass is 32.2. The monoisotopic (exact) mass is 382 g/mol. The number of ether oxygens (including phenoxy) is 1. The molecule has 0 aliphatic rings. The molecule has 0 unspecified atom stereocenters. The molecule has 136 valence electrons. The lowest BCUT2D eigenvalue weighted by Crippen LogP contribution is -2.31. The quantitative estimate of drug-likeness (QED) is 0.689. The number of hydrogen-bond donors (Lipinski definition) is 0. The zero-order chi connectivity index (χ0) is 18.6. The zero-order valence-electron chi connectivity index (χ0n) is 14.7. The molecule has 1 aromatic heterocycles. The van der Waals surface area contributed by atoms with E-state index in [-0.39, 0.29) is 16.3 Å². The summed E-state index contributed by atoms with van der Waals surface area (Å²) in [7, 11) is 1.35. The molecular formula is C17H22N2O4S2. The highest BCUT2D eigenvalue weighted by Crippen LogP contribution is 2.27. The van der Waals surface area contributed by atoms with E-state index in [0.717, 1.165) is 22.6 Å². The Bertz CT molecular complexity index is 827. The van der Waals surface area contributed by atoms with Crippen molar-refractivity contribution in [3.05, 3.63) is 46.2 Å². The fourth-order valence-electron chi connectivity index (χ4n) is 2.35. The summed E-state index contributed by atoms with van der Waals surface area (Å²) in [6.45, 7) is 2.31. The Hall–Kier alpha value is -1.90. The fraction of sp³-hybridized carbons (Fsp3) is 0.353. The highest BCUT2D eigenvalue weighted by molar-refractivity contribution is 7.89. The van der Waals surface area contributed by atoms with Gasteiger partial charge in [-0.25, -0.2) is 13.2 Å². The number of sulfonamides is 1. The lowest BCUT2D eigenvalue weighted by Gasteiger charge is -2.21. The van der Waals surface area contributed by atoms with Crippen LogP contribution in [0.25, 0.3) is 0 Å². The van der Waals surface area contributed by atoms with E-state index in [1.165, 1.54) is 17.5 Å². The van der Waals surface area contributed by atoms with Crippen LogP contribution in [0.2, 0.25) is 0 Å². The number of rotatable bonds is 7. The summed E-state index contributed by atoms with van der Waals surface area (Å²) in [5, 5.41) is 1.58. The smallest absolute Gasteiger partial charge is 0.349 e. The number of anilines is 1. The van der Waals surface area contributed by atoms with Crippen molar-refractivity contribution in [2.45, 2.75) is 18.4 Å². The topological polar surface area (TPSA) is 66.9 Å². The minimum absolute atomic E-state index is 0.00360. The van der Waals surface area contributed by atoms with Crippen molar-refractivity contribution < 1.29 is 17.9 Å². The predicted octanol–water partition coefficient (Wildman–Crippen LogP) is 2.81. The number of methoxy groups -OCH3 is 1. The molecule has 0 N–H and O–H groups in total. The van der Waals surface area contributed by atoms with Gasteiger partial charge in [-0.15, -0.1) is 11.3 Å². The molecule has 1 heterocycles. The Morgan fingerprint density at radius 1 is 1.16 bits per heavy atom. The summed E-state index contributed by atoms with van der Waals surface area (Å²) < 4.78 is 32.0. The van der Waals surface area contributed by atoms with E-state index in [9.17, 15) is 13.2 Å². The summed E-state index contributed by atoms with van der Waals surface area (Å²) >= 11 is 1.06. The molecule has 25 heavy (non-hydrogen) atoms. The number of esters is 1. The molecule has 0 bridgehead atoms. The van der Waals surface area contributed by atoms with Crippen LogP contribution in [0.4, 0.5) is 5.69 Å². The Morgan fingerprint density at radius 3 is 2.32 bits per heavy atom. The number of carbonyl (C=O) groups excluding carboxylic acids is 1. The molecule has 2 aromatic rings. The van der Waals surface area contributed by atoms with Crippen molar-refractivity contribution in [1.29, 1.82) is 0 Å². The van der Waals surface area contributed by atoms with Crippen LogP contribution < -0.4 is 4.90 Å². The Morgan fingerprint density at radius 2 is 1.80 bits per heavy atom. The van der Waals surface area contributed by atoms with Gasteiger partial charge < -0.3 is 9.64 Å². The number of carbonyl (C=O) groups is 1. The van der Waals surface area contributed by atoms with Crippen molar-refractivity contribution in [2.24, 2.45) is 0 Å². The lowest BCUT2D eigenvalue weighted by molar-refractivity contribution is 0.0602. The molecule has 0 aliphatic heterocycles. The highest BCUT2D eigenvalue weighted by Gasteiger charge is 2.29. The first-order valence-electron chi connectivity index (χ1n) is 7.73. The number of thiophene rings is 1. The summed E-state index contributed by atoms with van der Waals surface area (Å²) in [6.07, 6.45) is 0. The Kier molecular flexibility index (Phi) is 6.21. The molecule has 2 rings (SSSR count). The summed E-state index contributed by atoms with van der Waals surface area (Å²) in [4.78, 5) is 13.9. The van der Waals surface area contributed by atoms with Gasteiger partial charge in [-0.2, -0.15) is 4.31 Å². The molecule has 0 atom stereocenters.